The van der Waals surface area contributed by atoms with Crippen LogP contribution in [0.25, 0.3) is 0 Å². The Balaban J connectivity index is 2.74. The van der Waals surface area contributed by atoms with Gasteiger partial charge in [0.15, 0.2) is 0 Å². The van der Waals surface area contributed by atoms with Crippen molar-refractivity contribution < 1.29 is 9.53 Å². The minimum atomic E-state index is -0.441. The van der Waals surface area contributed by atoms with Crippen LogP contribution >= 0.6 is 0 Å². The molecule has 0 aliphatic carbocycles. The second-order valence-electron chi connectivity index (χ2n) is 6.66. The predicted molar refractivity (Wildman–Crippen MR) is 77.1 cm³/mol. The third-order valence-corrected chi connectivity index (χ3v) is 3.77. The molecule has 2 N–H and O–H groups in total. The third-order valence-electron chi connectivity index (χ3n) is 3.77. The topological polar surface area (TPSA) is 58.8 Å². The molecule has 1 heterocycles. The van der Waals surface area contributed by atoms with E-state index in [9.17, 15) is 4.79 Å². The molecule has 1 amide bonds. The maximum atomic E-state index is 12.2. The lowest BCUT2D eigenvalue weighted by Crippen LogP contribution is -2.58. The van der Waals surface area contributed by atoms with Gasteiger partial charge < -0.3 is 20.3 Å². The van der Waals surface area contributed by atoms with Gasteiger partial charge in [0.1, 0.15) is 5.60 Å². The summed E-state index contributed by atoms with van der Waals surface area (Å²) in [7, 11) is 4.13. The molecular weight excluding hydrogens is 242 g/mol. The molecule has 0 saturated carbocycles. The van der Waals surface area contributed by atoms with Crippen LogP contribution < -0.4 is 5.73 Å². The van der Waals surface area contributed by atoms with Crippen LogP contribution in [0.3, 0.4) is 0 Å². The second-order valence-corrected chi connectivity index (χ2v) is 6.66. The maximum absolute atomic E-state index is 12.2. The molecule has 112 valence electrons. The molecule has 1 aliphatic rings. The van der Waals surface area contributed by atoms with E-state index in [0.29, 0.717) is 13.1 Å². The molecule has 0 aromatic carbocycles. The van der Waals surface area contributed by atoms with Crippen molar-refractivity contribution in [3.05, 3.63) is 0 Å². The average molecular weight is 271 g/mol. The molecule has 1 saturated heterocycles. The first-order valence-corrected chi connectivity index (χ1v) is 7.06. The zero-order valence-electron chi connectivity index (χ0n) is 13.0. The van der Waals surface area contributed by atoms with Crippen molar-refractivity contribution in [2.75, 3.05) is 33.7 Å². The lowest BCUT2D eigenvalue weighted by molar-refractivity contribution is -0.00616. The summed E-state index contributed by atoms with van der Waals surface area (Å²) >= 11 is 0. The van der Waals surface area contributed by atoms with Crippen LogP contribution in [0.5, 0.6) is 0 Å². The first-order chi connectivity index (χ1) is 8.70. The molecule has 0 radical (unpaired) electrons. The lowest BCUT2D eigenvalue weighted by atomic mass is 9.85. The van der Waals surface area contributed by atoms with E-state index in [1.807, 2.05) is 25.7 Å². The Morgan fingerprint density at radius 2 is 2.05 bits per heavy atom. The SMILES string of the molecule is CN(C)C1(CCN)CCCN(C(=O)OC(C)(C)C)C1. The Bertz CT molecular complexity index is 308. The van der Waals surface area contributed by atoms with E-state index < -0.39 is 5.60 Å². The second kappa shape index (κ2) is 6.09. The van der Waals surface area contributed by atoms with E-state index in [-0.39, 0.29) is 11.6 Å². The van der Waals surface area contributed by atoms with Gasteiger partial charge in [0.05, 0.1) is 0 Å². The minimum Gasteiger partial charge on any atom is -0.444 e. The summed E-state index contributed by atoms with van der Waals surface area (Å²) in [5.41, 5.74) is 5.29. The molecule has 5 nitrogen and oxygen atoms in total. The van der Waals surface area contributed by atoms with Crippen LogP contribution in [0.2, 0.25) is 0 Å². The standard InChI is InChI=1S/C14H29N3O2/c1-13(2,3)19-12(18)17-10-6-7-14(11-17,8-9-15)16(4)5/h6-11,15H2,1-5H3. The van der Waals surface area contributed by atoms with Crippen LogP contribution in [0.4, 0.5) is 4.79 Å². The van der Waals surface area contributed by atoms with Gasteiger partial charge in [-0.15, -0.1) is 0 Å². The van der Waals surface area contributed by atoms with Crippen molar-refractivity contribution in [3.63, 3.8) is 0 Å². The Kier molecular flexibility index (Phi) is 5.21. The molecule has 5 heteroatoms. The highest BCUT2D eigenvalue weighted by molar-refractivity contribution is 5.68. The molecule has 1 rings (SSSR count). The number of hydrogen-bond acceptors (Lipinski definition) is 4. The van der Waals surface area contributed by atoms with Crippen LogP contribution in [-0.2, 0) is 4.74 Å². The number of ether oxygens (including phenoxy) is 1. The zero-order chi connectivity index (χ0) is 14.7. The molecule has 0 spiro atoms. The van der Waals surface area contributed by atoms with Gasteiger partial charge in [0, 0.05) is 18.6 Å². The summed E-state index contributed by atoms with van der Waals surface area (Å²) in [6, 6.07) is 0. The minimum absolute atomic E-state index is 0.0100. The highest BCUT2D eigenvalue weighted by Crippen LogP contribution is 2.29. The summed E-state index contributed by atoms with van der Waals surface area (Å²) in [5, 5.41) is 0. The van der Waals surface area contributed by atoms with Gasteiger partial charge in [-0.05, 0) is 60.7 Å². The number of likely N-dealkylation sites (N-methyl/N-ethyl adjacent to an activating group) is 1. The molecule has 0 aromatic heterocycles. The number of likely N-dealkylation sites (tertiary alicyclic amines) is 1. The summed E-state index contributed by atoms with van der Waals surface area (Å²) in [6.07, 6.45) is 2.77. The monoisotopic (exact) mass is 271 g/mol. The fourth-order valence-electron chi connectivity index (χ4n) is 2.66. The first-order valence-electron chi connectivity index (χ1n) is 7.06. The number of nitrogens with two attached hydrogens (primary N) is 1. The zero-order valence-corrected chi connectivity index (χ0v) is 13.0. The molecule has 0 aromatic rings. The van der Waals surface area contributed by atoms with Crippen molar-refractivity contribution in [1.29, 1.82) is 0 Å². The molecule has 1 atom stereocenters. The van der Waals surface area contributed by atoms with Crippen LogP contribution in [0.1, 0.15) is 40.0 Å². The number of piperidine rings is 1. The van der Waals surface area contributed by atoms with E-state index in [1.165, 1.54) is 0 Å². The normalized spacial score (nSPS) is 24.7. The van der Waals surface area contributed by atoms with Crippen molar-refractivity contribution in [3.8, 4) is 0 Å². The van der Waals surface area contributed by atoms with E-state index in [0.717, 1.165) is 25.8 Å². The molecule has 19 heavy (non-hydrogen) atoms. The highest BCUT2D eigenvalue weighted by Gasteiger charge is 2.39. The molecule has 1 aliphatic heterocycles. The summed E-state index contributed by atoms with van der Waals surface area (Å²) in [6.45, 7) is 7.80. The smallest absolute Gasteiger partial charge is 0.410 e. The van der Waals surface area contributed by atoms with Crippen molar-refractivity contribution >= 4 is 6.09 Å². The van der Waals surface area contributed by atoms with Gasteiger partial charge in [-0.2, -0.15) is 0 Å². The first kappa shape index (κ1) is 16.2. The number of carbonyl (C=O) groups is 1. The van der Waals surface area contributed by atoms with Gasteiger partial charge in [-0.1, -0.05) is 0 Å². The molecular formula is C14H29N3O2. The summed E-state index contributed by atoms with van der Waals surface area (Å²) in [5.74, 6) is 0. The van der Waals surface area contributed by atoms with Crippen LogP contribution in [0, 0.1) is 0 Å². The van der Waals surface area contributed by atoms with Crippen molar-refractivity contribution in [1.82, 2.24) is 9.80 Å². The summed E-state index contributed by atoms with van der Waals surface area (Å²) < 4.78 is 5.47. The molecule has 1 unspecified atom stereocenters. The van der Waals surface area contributed by atoms with Gasteiger partial charge in [0.2, 0.25) is 0 Å². The van der Waals surface area contributed by atoms with Crippen molar-refractivity contribution in [2.24, 2.45) is 5.73 Å². The Morgan fingerprint density at radius 1 is 1.42 bits per heavy atom. The number of carbonyl (C=O) groups excluding carboxylic acids is 1. The average Bonchev–Trinajstić information content (AvgIpc) is 2.27. The van der Waals surface area contributed by atoms with E-state index in [2.05, 4.69) is 19.0 Å². The molecule has 1 fully saturated rings. The van der Waals surface area contributed by atoms with E-state index in [1.54, 1.807) is 0 Å². The van der Waals surface area contributed by atoms with Gasteiger partial charge in [0.25, 0.3) is 0 Å². The maximum Gasteiger partial charge on any atom is 0.410 e. The van der Waals surface area contributed by atoms with E-state index in [4.69, 9.17) is 10.5 Å². The number of rotatable bonds is 3. The number of hydrogen-bond donors (Lipinski definition) is 1. The Hall–Kier alpha value is -0.810. The fraction of sp³-hybridized carbons (Fsp3) is 0.929. The fourth-order valence-corrected chi connectivity index (χ4v) is 2.66. The number of amides is 1. The quantitative estimate of drug-likeness (QED) is 0.848. The van der Waals surface area contributed by atoms with E-state index >= 15 is 0 Å². The lowest BCUT2D eigenvalue weighted by Gasteiger charge is -2.47. The summed E-state index contributed by atoms with van der Waals surface area (Å²) in [4.78, 5) is 16.2. The Labute approximate surface area is 117 Å². The number of nitrogens with zero attached hydrogens (tertiary/aromatic N) is 2. The highest BCUT2D eigenvalue weighted by atomic mass is 16.6. The van der Waals surface area contributed by atoms with Gasteiger partial charge >= 0.3 is 6.09 Å². The largest absolute Gasteiger partial charge is 0.444 e. The van der Waals surface area contributed by atoms with Crippen LogP contribution in [0.15, 0.2) is 0 Å². The molecule has 0 bridgehead atoms. The third kappa shape index (κ3) is 4.35. The van der Waals surface area contributed by atoms with Gasteiger partial charge in [-0.25, -0.2) is 4.79 Å². The predicted octanol–water partition coefficient (Wildman–Crippen LogP) is 1.67. The van der Waals surface area contributed by atoms with Gasteiger partial charge in [-0.3, -0.25) is 0 Å². The Morgan fingerprint density at radius 3 is 2.53 bits per heavy atom. The van der Waals surface area contributed by atoms with Crippen molar-refractivity contribution in [2.45, 2.75) is 51.2 Å². The van der Waals surface area contributed by atoms with Crippen LogP contribution in [-0.4, -0.2) is 60.8 Å².